The van der Waals surface area contributed by atoms with Crippen LogP contribution in [0.15, 0.2) is 18.2 Å². The molecule has 0 atom stereocenters. The van der Waals surface area contributed by atoms with Gasteiger partial charge in [0, 0.05) is 5.56 Å². The van der Waals surface area contributed by atoms with Gasteiger partial charge in [-0.15, -0.1) is 0 Å². The second kappa shape index (κ2) is 3.72. The van der Waals surface area contributed by atoms with E-state index in [4.69, 9.17) is 4.55 Å². The summed E-state index contributed by atoms with van der Waals surface area (Å²) in [6.45, 7) is 0. The molecule has 5 nitrogen and oxygen atoms in total. The van der Waals surface area contributed by atoms with Gasteiger partial charge in [0.15, 0.2) is 11.6 Å². The molecule has 0 aromatic heterocycles. The van der Waals surface area contributed by atoms with Gasteiger partial charge < -0.3 is 4.18 Å². The monoisotopic (exact) mass is 220 g/mol. The zero-order valence-corrected chi connectivity index (χ0v) is 7.49. The summed E-state index contributed by atoms with van der Waals surface area (Å²) in [6, 6.07) is 2.85. The minimum absolute atomic E-state index is 0.0325. The molecule has 0 saturated heterocycles. The average molecular weight is 220 g/mol. The number of aldehydes is 1. The Hall–Kier alpha value is -1.47. The van der Waals surface area contributed by atoms with Gasteiger partial charge >= 0.3 is 10.4 Å². The fraction of sp³-hybridized carbons (Fsp3) is 0. The van der Waals surface area contributed by atoms with Crippen LogP contribution in [0, 0.1) is 5.82 Å². The van der Waals surface area contributed by atoms with E-state index < -0.39 is 22.0 Å². The number of rotatable bonds is 3. The van der Waals surface area contributed by atoms with Crippen molar-refractivity contribution in [1.82, 2.24) is 0 Å². The van der Waals surface area contributed by atoms with Crippen molar-refractivity contribution in [2.24, 2.45) is 0 Å². The van der Waals surface area contributed by atoms with Gasteiger partial charge in [-0.3, -0.25) is 9.35 Å². The Balaban J connectivity index is 3.13. The molecule has 1 aromatic carbocycles. The van der Waals surface area contributed by atoms with E-state index in [2.05, 4.69) is 4.18 Å². The molecule has 14 heavy (non-hydrogen) atoms. The quantitative estimate of drug-likeness (QED) is 0.602. The van der Waals surface area contributed by atoms with Crippen LogP contribution in [0.1, 0.15) is 10.4 Å². The van der Waals surface area contributed by atoms with E-state index in [-0.39, 0.29) is 5.56 Å². The van der Waals surface area contributed by atoms with E-state index in [1.165, 1.54) is 0 Å². The summed E-state index contributed by atoms with van der Waals surface area (Å²) in [4.78, 5) is 10.2. The molecule has 0 aliphatic rings. The molecule has 0 bridgehead atoms. The molecule has 0 spiro atoms. The lowest BCUT2D eigenvalue weighted by atomic mass is 10.2. The summed E-state index contributed by atoms with van der Waals surface area (Å²) in [7, 11) is -4.78. The Kier molecular flexibility index (Phi) is 2.82. The smallest absolute Gasteiger partial charge is 0.359 e. The molecule has 0 radical (unpaired) electrons. The van der Waals surface area contributed by atoms with Crippen LogP contribution >= 0.6 is 0 Å². The third-order valence-electron chi connectivity index (χ3n) is 1.29. The van der Waals surface area contributed by atoms with Crippen LogP contribution in [0.3, 0.4) is 0 Å². The Morgan fingerprint density at radius 3 is 2.57 bits per heavy atom. The SMILES string of the molecule is O=Cc1ccc(F)c(OS(=O)(=O)O)c1. The molecule has 0 amide bonds. The zero-order valence-electron chi connectivity index (χ0n) is 6.68. The third-order valence-corrected chi connectivity index (χ3v) is 1.68. The second-order valence-corrected chi connectivity index (χ2v) is 3.34. The Morgan fingerprint density at radius 1 is 1.43 bits per heavy atom. The highest BCUT2D eigenvalue weighted by atomic mass is 32.3. The van der Waals surface area contributed by atoms with Gasteiger partial charge in [-0.25, -0.2) is 4.39 Å². The molecule has 1 rings (SSSR count). The van der Waals surface area contributed by atoms with E-state index in [0.29, 0.717) is 6.29 Å². The fourth-order valence-corrected chi connectivity index (χ4v) is 1.13. The molecule has 0 aliphatic carbocycles. The van der Waals surface area contributed by atoms with Crippen molar-refractivity contribution in [3.05, 3.63) is 29.6 Å². The largest absolute Gasteiger partial charge is 0.446 e. The maximum Gasteiger partial charge on any atom is 0.446 e. The predicted octanol–water partition coefficient (Wildman–Crippen LogP) is 0.820. The molecule has 7 heteroatoms. The highest BCUT2D eigenvalue weighted by Gasteiger charge is 2.12. The van der Waals surface area contributed by atoms with Crippen molar-refractivity contribution >= 4 is 16.7 Å². The number of carbonyl (C=O) groups is 1. The van der Waals surface area contributed by atoms with E-state index in [1.807, 2.05) is 0 Å². The highest BCUT2D eigenvalue weighted by molar-refractivity contribution is 7.81. The van der Waals surface area contributed by atoms with E-state index in [9.17, 15) is 17.6 Å². The normalized spacial score (nSPS) is 11.0. The molecule has 0 fully saturated rings. The fourth-order valence-electron chi connectivity index (χ4n) is 0.771. The van der Waals surface area contributed by atoms with Crippen LogP contribution in [0.4, 0.5) is 4.39 Å². The predicted molar refractivity (Wildman–Crippen MR) is 44.0 cm³/mol. The van der Waals surface area contributed by atoms with E-state index in [0.717, 1.165) is 18.2 Å². The Bertz CT molecular complexity index is 453. The van der Waals surface area contributed by atoms with Crippen molar-refractivity contribution in [3.63, 3.8) is 0 Å². The number of hydrogen-bond acceptors (Lipinski definition) is 4. The molecule has 0 unspecified atom stereocenters. The molecule has 1 N–H and O–H groups in total. The number of carbonyl (C=O) groups excluding carboxylic acids is 1. The van der Waals surface area contributed by atoms with Crippen LogP contribution < -0.4 is 4.18 Å². The molecule has 0 saturated carbocycles. The van der Waals surface area contributed by atoms with Gasteiger partial charge in [-0.05, 0) is 18.2 Å². The summed E-state index contributed by atoms with van der Waals surface area (Å²) in [5, 5.41) is 0. The molecule has 76 valence electrons. The standard InChI is InChI=1S/C7H5FO5S/c8-6-2-1-5(4-9)3-7(6)13-14(10,11)12/h1-4H,(H,10,11,12). The van der Waals surface area contributed by atoms with E-state index >= 15 is 0 Å². The number of halogens is 1. The van der Waals surface area contributed by atoms with Crippen molar-refractivity contribution in [2.75, 3.05) is 0 Å². The van der Waals surface area contributed by atoms with Gasteiger partial charge in [0.2, 0.25) is 0 Å². The first-order valence-electron chi connectivity index (χ1n) is 3.34. The summed E-state index contributed by atoms with van der Waals surface area (Å²) in [5.74, 6) is -1.72. The number of hydrogen-bond donors (Lipinski definition) is 1. The molecular weight excluding hydrogens is 215 g/mol. The lowest BCUT2D eigenvalue weighted by Crippen LogP contribution is -2.08. The summed E-state index contributed by atoms with van der Waals surface area (Å²) in [6.07, 6.45) is 0.385. The topological polar surface area (TPSA) is 80.7 Å². The highest BCUT2D eigenvalue weighted by Crippen LogP contribution is 2.19. The first kappa shape index (κ1) is 10.6. The van der Waals surface area contributed by atoms with Crippen LogP contribution in [0.25, 0.3) is 0 Å². The van der Waals surface area contributed by atoms with Gasteiger partial charge in [0.25, 0.3) is 0 Å². The Morgan fingerprint density at radius 2 is 2.07 bits per heavy atom. The van der Waals surface area contributed by atoms with Crippen molar-refractivity contribution in [3.8, 4) is 5.75 Å². The molecule has 1 aromatic rings. The van der Waals surface area contributed by atoms with Gasteiger partial charge in [0.05, 0.1) is 0 Å². The maximum absolute atomic E-state index is 12.8. The molecule has 0 heterocycles. The lowest BCUT2D eigenvalue weighted by Gasteiger charge is -2.02. The van der Waals surface area contributed by atoms with Crippen LogP contribution in [-0.2, 0) is 10.4 Å². The lowest BCUT2D eigenvalue weighted by molar-refractivity contribution is 0.112. The van der Waals surface area contributed by atoms with Gasteiger partial charge in [-0.1, -0.05) is 0 Å². The van der Waals surface area contributed by atoms with Crippen LogP contribution in [0.2, 0.25) is 0 Å². The van der Waals surface area contributed by atoms with Gasteiger partial charge in [-0.2, -0.15) is 8.42 Å². The maximum atomic E-state index is 12.8. The van der Waals surface area contributed by atoms with Gasteiger partial charge in [0.1, 0.15) is 6.29 Å². The average Bonchev–Trinajstić information content (AvgIpc) is 2.06. The minimum atomic E-state index is -4.78. The minimum Gasteiger partial charge on any atom is -0.359 e. The van der Waals surface area contributed by atoms with Crippen LogP contribution in [-0.4, -0.2) is 19.3 Å². The summed E-state index contributed by atoms with van der Waals surface area (Å²) in [5.41, 5.74) is 0.0325. The Labute approximate surface area is 79.1 Å². The van der Waals surface area contributed by atoms with Crippen molar-refractivity contribution in [2.45, 2.75) is 0 Å². The first-order chi connectivity index (χ1) is 6.42. The number of benzene rings is 1. The third kappa shape index (κ3) is 2.79. The summed E-state index contributed by atoms with van der Waals surface area (Å²) >= 11 is 0. The zero-order chi connectivity index (χ0) is 10.8. The molecular formula is C7H5FO5S. The van der Waals surface area contributed by atoms with E-state index in [1.54, 1.807) is 0 Å². The van der Waals surface area contributed by atoms with Crippen molar-refractivity contribution in [1.29, 1.82) is 0 Å². The first-order valence-corrected chi connectivity index (χ1v) is 4.70. The van der Waals surface area contributed by atoms with Crippen LogP contribution in [0.5, 0.6) is 5.75 Å². The second-order valence-electron chi connectivity index (χ2n) is 2.32. The molecule has 0 aliphatic heterocycles. The summed E-state index contributed by atoms with van der Waals surface area (Å²) < 4.78 is 45.4. The van der Waals surface area contributed by atoms with Crippen molar-refractivity contribution < 1.29 is 26.3 Å².